The number of para-hydroxylation sites is 1. The molecule has 1 heterocycles. The number of hydrogen-bond donors (Lipinski definition) is 2. The van der Waals surface area contributed by atoms with Crippen LogP contribution in [0.3, 0.4) is 0 Å². The molecule has 1 aromatic heterocycles. The number of nitrogens with zero attached hydrogens (tertiary/aromatic N) is 1. The van der Waals surface area contributed by atoms with Crippen molar-refractivity contribution in [3.05, 3.63) is 77.0 Å². The van der Waals surface area contributed by atoms with E-state index in [2.05, 4.69) is 9.83 Å². The lowest BCUT2D eigenvalue weighted by Gasteiger charge is -2.38. The zero-order valence-corrected chi connectivity index (χ0v) is 15.9. The third kappa shape index (κ3) is 3.99. The third-order valence-corrected chi connectivity index (χ3v) is 5.20. The van der Waals surface area contributed by atoms with Gasteiger partial charge in [0, 0.05) is 23.0 Å². The Labute approximate surface area is 165 Å². The number of alkyl halides is 3. The van der Waals surface area contributed by atoms with Crippen molar-refractivity contribution >= 4 is 16.6 Å². The van der Waals surface area contributed by atoms with Gasteiger partial charge >= 0.3 is 6.18 Å². The van der Waals surface area contributed by atoms with Gasteiger partial charge in [-0.2, -0.15) is 13.2 Å². The van der Waals surface area contributed by atoms with Gasteiger partial charge in [0.1, 0.15) is 5.82 Å². The van der Waals surface area contributed by atoms with Crippen LogP contribution in [-0.2, 0) is 11.8 Å². The molecular formula is C22H20F4N2O. The van der Waals surface area contributed by atoms with E-state index in [0.717, 1.165) is 0 Å². The van der Waals surface area contributed by atoms with E-state index in [9.17, 15) is 22.7 Å². The van der Waals surface area contributed by atoms with Crippen molar-refractivity contribution in [3.8, 4) is 0 Å². The number of hydrogen-bond acceptors (Lipinski definition) is 1. The molecule has 0 saturated carbocycles. The maximum absolute atomic E-state index is 14.0. The number of fused-ring (bicyclic) bond motifs is 1. The van der Waals surface area contributed by atoms with Gasteiger partial charge in [0.05, 0.1) is 6.57 Å². The van der Waals surface area contributed by atoms with Crippen molar-refractivity contribution in [3.63, 3.8) is 0 Å². The Morgan fingerprint density at radius 3 is 2.38 bits per heavy atom. The molecule has 3 nitrogen and oxygen atoms in total. The van der Waals surface area contributed by atoms with Gasteiger partial charge in [-0.3, -0.25) is 0 Å². The Kier molecular flexibility index (Phi) is 5.18. The van der Waals surface area contributed by atoms with E-state index in [-0.39, 0.29) is 11.4 Å². The molecule has 0 radical (unpaired) electrons. The molecule has 0 aliphatic heterocycles. The molecule has 2 aromatic carbocycles. The molecule has 0 saturated heterocycles. The summed E-state index contributed by atoms with van der Waals surface area (Å²) in [7, 11) is 0. The summed E-state index contributed by atoms with van der Waals surface area (Å²) >= 11 is 0. The lowest BCUT2D eigenvalue weighted by Crippen LogP contribution is -2.50. The largest absolute Gasteiger partial charge is 0.417 e. The van der Waals surface area contributed by atoms with Crippen molar-refractivity contribution in [1.82, 2.24) is 4.98 Å². The molecule has 2 N–H and O–H groups in total. The molecule has 1 atom stereocenters. The summed E-state index contributed by atoms with van der Waals surface area (Å²) in [6, 6.07) is 12.0. The maximum Gasteiger partial charge on any atom is 0.417 e. The Bertz CT molecular complexity index is 1080. The lowest BCUT2D eigenvalue weighted by atomic mass is 9.73. The van der Waals surface area contributed by atoms with Crippen LogP contribution >= 0.6 is 0 Å². The first-order chi connectivity index (χ1) is 13.5. The molecule has 29 heavy (non-hydrogen) atoms. The Morgan fingerprint density at radius 1 is 1.07 bits per heavy atom. The predicted molar refractivity (Wildman–Crippen MR) is 103 cm³/mol. The average molecular weight is 404 g/mol. The van der Waals surface area contributed by atoms with E-state index in [1.807, 2.05) is 0 Å². The quantitative estimate of drug-likeness (QED) is 0.394. The van der Waals surface area contributed by atoms with Crippen LogP contribution in [0.2, 0.25) is 0 Å². The van der Waals surface area contributed by atoms with E-state index in [1.165, 1.54) is 38.1 Å². The minimum Gasteiger partial charge on any atom is -0.380 e. The first-order valence-corrected chi connectivity index (χ1v) is 8.99. The third-order valence-electron chi connectivity index (χ3n) is 5.20. The van der Waals surface area contributed by atoms with Crippen molar-refractivity contribution in [2.75, 3.05) is 0 Å². The predicted octanol–water partition coefficient (Wildman–Crippen LogP) is 6.06. The lowest BCUT2D eigenvalue weighted by molar-refractivity contribution is -0.266. The second kappa shape index (κ2) is 7.20. The number of aromatic nitrogens is 1. The summed E-state index contributed by atoms with van der Waals surface area (Å²) in [4.78, 5) is 6.23. The molecule has 0 bridgehead atoms. The van der Waals surface area contributed by atoms with Crippen LogP contribution in [0.1, 0.15) is 31.5 Å². The van der Waals surface area contributed by atoms with Crippen LogP contribution in [0.5, 0.6) is 0 Å². The van der Waals surface area contributed by atoms with E-state index in [1.54, 1.807) is 24.3 Å². The molecule has 3 rings (SSSR count). The van der Waals surface area contributed by atoms with Crippen LogP contribution in [0.25, 0.3) is 15.7 Å². The molecule has 152 valence electrons. The second-order valence-electron chi connectivity index (χ2n) is 7.89. The number of H-pyrrole nitrogens is 1. The fourth-order valence-corrected chi connectivity index (χ4v) is 3.74. The van der Waals surface area contributed by atoms with Gasteiger partial charge < -0.3 is 10.1 Å². The van der Waals surface area contributed by atoms with E-state index >= 15 is 0 Å². The van der Waals surface area contributed by atoms with Gasteiger partial charge in [0.2, 0.25) is 5.69 Å². The number of nitrogens with one attached hydrogen (secondary N) is 1. The number of benzene rings is 2. The van der Waals surface area contributed by atoms with Crippen LogP contribution in [0.15, 0.2) is 48.5 Å². The summed E-state index contributed by atoms with van der Waals surface area (Å²) in [5, 5.41) is 11.3. The first kappa shape index (κ1) is 20.9. The van der Waals surface area contributed by atoms with Crippen molar-refractivity contribution in [1.29, 1.82) is 0 Å². The number of halogens is 4. The normalized spacial score (nSPS) is 14.6. The minimum atomic E-state index is -4.95. The van der Waals surface area contributed by atoms with E-state index in [4.69, 9.17) is 6.57 Å². The number of aromatic amines is 1. The second-order valence-corrected chi connectivity index (χ2v) is 7.89. The minimum absolute atomic E-state index is 0.0241. The van der Waals surface area contributed by atoms with Crippen molar-refractivity contribution in [2.45, 2.75) is 43.9 Å². The average Bonchev–Trinajstić information content (AvgIpc) is 2.97. The molecule has 0 amide bonds. The zero-order chi connectivity index (χ0) is 21.4. The Balaban J connectivity index is 2.04. The summed E-state index contributed by atoms with van der Waals surface area (Å²) in [6.45, 7) is 10.4. The molecule has 0 spiro atoms. The Morgan fingerprint density at radius 2 is 1.76 bits per heavy atom. The van der Waals surface area contributed by atoms with Gasteiger partial charge in [0.15, 0.2) is 5.60 Å². The van der Waals surface area contributed by atoms with Gasteiger partial charge in [-0.05, 0) is 35.6 Å². The van der Waals surface area contributed by atoms with Crippen molar-refractivity contribution in [2.24, 2.45) is 0 Å². The molecule has 0 aliphatic carbocycles. The molecule has 0 fully saturated rings. The fraction of sp³-hybridized carbons (Fsp3) is 0.318. The van der Waals surface area contributed by atoms with Crippen molar-refractivity contribution < 1.29 is 22.7 Å². The van der Waals surface area contributed by atoms with Gasteiger partial charge in [-0.25, -0.2) is 9.24 Å². The summed E-state index contributed by atoms with van der Waals surface area (Å²) < 4.78 is 55.6. The summed E-state index contributed by atoms with van der Waals surface area (Å²) in [5.41, 5.74) is -3.31. The van der Waals surface area contributed by atoms with Crippen LogP contribution in [0.4, 0.5) is 23.2 Å². The van der Waals surface area contributed by atoms with Gasteiger partial charge in [0.25, 0.3) is 0 Å². The fourth-order valence-electron chi connectivity index (χ4n) is 3.74. The monoisotopic (exact) mass is 404 g/mol. The standard InChI is InChI=1S/C22H20F4N2O/c1-20(2,14-7-6-8-15(23)11-14)13-21(29,22(24,25)26)12-18-19(27-3)16-9-4-5-10-17(16)28-18/h4-11,28-29H,12-13H2,1-2H3. The zero-order valence-electron chi connectivity index (χ0n) is 15.9. The highest BCUT2D eigenvalue weighted by Gasteiger charge is 2.56. The number of rotatable bonds is 5. The molecule has 7 heteroatoms. The molecule has 0 aliphatic rings. The molecule has 3 aromatic rings. The Hall–Kier alpha value is -2.85. The highest BCUT2D eigenvalue weighted by molar-refractivity contribution is 5.94. The van der Waals surface area contributed by atoms with Crippen LogP contribution in [0, 0.1) is 12.4 Å². The van der Waals surface area contributed by atoms with Gasteiger partial charge in [-0.1, -0.05) is 44.2 Å². The molecule has 1 unspecified atom stereocenters. The topological polar surface area (TPSA) is 40.4 Å². The molecular weight excluding hydrogens is 384 g/mol. The summed E-state index contributed by atoms with van der Waals surface area (Å²) in [6.07, 6.45) is -6.45. The van der Waals surface area contributed by atoms with E-state index in [0.29, 0.717) is 16.5 Å². The first-order valence-electron chi connectivity index (χ1n) is 8.99. The smallest absolute Gasteiger partial charge is 0.380 e. The van der Waals surface area contributed by atoms with Crippen LogP contribution < -0.4 is 0 Å². The SMILES string of the molecule is [C-]#[N+]c1c(CC(O)(CC(C)(C)c2cccc(F)c2)C(F)(F)F)[nH]c2ccccc12. The highest BCUT2D eigenvalue weighted by Crippen LogP contribution is 2.44. The van der Waals surface area contributed by atoms with E-state index < -0.39 is 35.9 Å². The van der Waals surface area contributed by atoms with Crippen LogP contribution in [-0.4, -0.2) is 21.9 Å². The van der Waals surface area contributed by atoms with Gasteiger partial charge in [-0.15, -0.1) is 0 Å². The maximum atomic E-state index is 14.0. The summed E-state index contributed by atoms with van der Waals surface area (Å²) in [5.74, 6) is -0.558. The highest BCUT2D eigenvalue weighted by atomic mass is 19.4. The number of aliphatic hydroxyl groups is 1.